The van der Waals surface area contributed by atoms with Gasteiger partial charge in [0.15, 0.2) is 6.10 Å². The predicted molar refractivity (Wildman–Crippen MR) is 55.9 cm³/mol. The van der Waals surface area contributed by atoms with E-state index in [-0.39, 0.29) is 0 Å². The zero-order valence-electron chi connectivity index (χ0n) is 9.07. The Bertz CT molecular complexity index is 390. The van der Waals surface area contributed by atoms with E-state index in [4.69, 9.17) is 9.84 Å². The van der Waals surface area contributed by atoms with Gasteiger partial charge in [0.25, 0.3) is 0 Å². The van der Waals surface area contributed by atoms with Gasteiger partial charge in [0.05, 0.1) is 0 Å². The minimum atomic E-state index is -4.57. The van der Waals surface area contributed by atoms with Crippen molar-refractivity contribution >= 4 is 0 Å². The average Bonchev–Trinajstić information content (AvgIpc) is 2.27. The summed E-state index contributed by atoms with van der Waals surface area (Å²) in [5.74, 6) is 0.623. The Balaban J connectivity index is 1.99. The SMILES string of the molecule is OC(C[C@@H]1CCc2ccccc2O1)C(F)(F)F. The monoisotopic (exact) mass is 246 g/mol. The van der Waals surface area contributed by atoms with Crippen molar-refractivity contribution in [2.24, 2.45) is 0 Å². The Hall–Kier alpha value is -1.23. The van der Waals surface area contributed by atoms with Crippen LogP contribution in [-0.4, -0.2) is 23.5 Å². The summed E-state index contributed by atoms with van der Waals surface area (Å²) >= 11 is 0. The number of alkyl halides is 3. The van der Waals surface area contributed by atoms with Crippen LogP contribution in [0.25, 0.3) is 0 Å². The summed E-state index contributed by atoms with van der Waals surface area (Å²) in [6, 6.07) is 7.28. The largest absolute Gasteiger partial charge is 0.490 e. The quantitative estimate of drug-likeness (QED) is 0.869. The topological polar surface area (TPSA) is 29.5 Å². The normalized spacial score (nSPS) is 21.5. The summed E-state index contributed by atoms with van der Waals surface area (Å²) < 4.78 is 42.0. The maximum Gasteiger partial charge on any atom is 0.414 e. The van der Waals surface area contributed by atoms with Crippen LogP contribution in [-0.2, 0) is 6.42 Å². The molecule has 94 valence electrons. The van der Waals surface area contributed by atoms with E-state index in [9.17, 15) is 13.2 Å². The molecule has 2 atom stereocenters. The molecule has 0 spiro atoms. The van der Waals surface area contributed by atoms with Gasteiger partial charge in [-0.3, -0.25) is 0 Å². The second-order valence-corrected chi connectivity index (χ2v) is 4.18. The van der Waals surface area contributed by atoms with Gasteiger partial charge < -0.3 is 9.84 Å². The van der Waals surface area contributed by atoms with Crippen molar-refractivity contribution < 1.29 is 23.0 Å². The lowest BCUT2D eigenvalue weighted by Gasteiger charge is -2.28. The molecule has 1 aliphatic heterocycles. The number of fused-ring (bicyclic) bond motifs is 1. The third-order valence-electron chi connectivity index (χ3n) is 2.87. The molecule has 0 saturated carbocycles. The van der Waals surface area contributed by atoms with E-state index in [1.165, 1.54) is 0 Å². The first-order valence-corrected chi connectivity index (χ1v) is 5.46. The van der Waals surface area contributed by atoms with Crippen LogP contribution in [0.5, 0.6) is 5.75 Å². The minimum Gasteiger partial charge on any atom is -0.490 e. The van der Waals surface area contributed by atoms with Crippen LogP contribution in [0, 0.1) is 0 Å². The fourth-order valence-corrected chi connectivity index (χ4v) is 1.93. The number of benzene rings is 1. The fourth-order valence-electron chi connectivity index (χ4n) is 1.93. The molecule has 1 aromatic rings. The van der Waals surface area contributed by atoms with Crippen LogP contribution in [0.3, 0.4) is 0 Å². The number of hydrogen-bond acceptors (Lipinski definition) is 2. The number of aliphatic hydroxyl groups excluding tert-OH is 1. The number of para-hydroxylation sites is 1. The van der Waals surface area contributed by atoms with Crippen LogP contribution >= 0.6 is 0 Å². The third-order valence-corrected chi connectivity index (χ3v) is 2.87. The van der Waals surface area contributed by atoms with Gasteiger partial charge in [-0.2, -0.15) is 13.2 Å². The van der Waals surface area contributed by atoms with Crippen molar-refractivity contribution in [2.45, 2.75) is 37.6 Å². The molecule has 1 aliphatic rings. The molecular weight excluding hydrogens is 233 g/mol. The van der Waals surface area contributed by atoms with Gasteiger partial charge >= 0.3 is 6.18 Å². The van der Waals surface area contributed by atoms with Crippen molar-refractivity contribution in [3.63, 3.8) is 0 Å². The first-order chi connectivity index (χ1) is 7.97. The Morgan fingerprint density at radius 1 is 1.35 bits per heavy atom. The second-order valence-electron chi connectivity index (χ2n) is 4.18. The van der Waals surface area contributed by atoms with Gasteiger partial charge in [-0.05, 0) is 24.5 Å². The lowest BCUT2D eigenvalue weighted by Crippen LogP contribution is -2.35. The van der Waals surface area contributed by atoms with Crippen molar-refractivity contribution in [1.29, 1.82) is 0 Å². The third kappa shape index (κ3) is 2.91. The molecule has 1 heterocycles. The molecule has 0 fully saturated rings. The lowest BCUT2D eigenvalue weighted by atomic mass is 9.98. The van der Waals surface area contributed by atoms with Gasteiger partial charge in [-0.25, -0.2) is 0 Å². The Kier molecular flexibility index (Phi) is 3.28. The lowest BCUT2D eigenvalue weighted by molar-refractivity contribution is -0.210. The summed E-state index contributed by atoms with van der Waals surface area (Å²) in [6.45, 7) is 0. The minimum absolute atomic E-state index is 0.405. The van der Waals surface area contributed by atoms with E-state index < -0.39 is 24.8 Å². The highest BCUT2D eigenvalue weighted by Gasteiger charge is 2.40. The molecule has 1 N–H and O–H groups in total. The number of aryl methyl sites for hydroxylation is 1. The highest BCUT2D eigenvalue weighted by molar-refractivity contribution is 5.35. The van der Waals surface area contributed by atoms with E-state index in [0.29, 0.717) is 18.6 Å². The number of halogens is 3. The molecule has 2 rings (SSSR count). The number of rotatable bonds is 2. The van der Waals surface area contributed by atoms with E-state index >= 15 is 0 Å². The summed E-state index contributed by atoms with van der Waals surface area (Å²) in [6.07, 6.45) is -6.66. The molecule has 1 unspecified atom stereocenters. The zero-order valence-corrected chi connectivity index (χ0v) is 9.07. The van der Waals surface area contributed by atoms with Gasteiger partial charge in [-0.1, -0.05) is 18.2 Å². The summed E-state index contributed by atoms with van der Waals surface area (Å²) in [7, 11) is 0. The molecule has 17 heavy (non-hydrogen) atoms. The van der Waals surface area contributed by atoms with Gasteiger partial charge in [0.1, 0.15) is 11.9 Å². The molecule has 2 nitrogen and oxygen atoms in total. The molecular formula is C12H13F3O2. The maximum atomic E-state index is 12.2. The Morgan fingerprint density at radius 2 is 2.06 bits per heavy atom. The van der Waals surface area contributed by atoms with Crippen LogP contribution in [0.1, 0.15) is 18.4 Å². The summed E-state index contributed by atoms with van der Waals surface area (Å²) in [4.78, 5) is 0. The summed E-state index contributed by atoms with van der Waals surface area (Å²) in [5, 5.41) is 8.98. The summed E-state index contributed by atoms with van der Waals surface area (Å²) in [5.41, 5.74) is 1.00. The van der Waals surface area contributed by atoms with Gasteiger partial charge in [-0.15, -0.1) is 0 Å². The standard InChI is InChI=1S/C12H13F3O2/c13-12(14,15)11(16)7-9-6-5-8-3-1-2-4-10(8)17-9/h1-4,9,11,16H,5-7H2/t9-,11?/m0/s1. The predicted octanol–water partition coefficient (Wildman–Crippen LogP) is 2.69. The highest BCUT2D eigenvalue weighted by Crippen LogP contribution is 2.31. The molecule has 0 saturated heterocycles. The van der Waals surface area contributed by atoms with E-state index in [1.807, 2.05) is 12.1 Å². The Labute approximate surface area is 97.0 Å². The van der Waals surface area contributed by atoms with Crippen molar-refractivity contribution in [3.05, 3.63) is 29.8 Å². The molecule has 0 bridgehead atoms. The van der Waals surface area contributed by atoms with Gasteiger partial charge in [0.2, 0.25) is 0 Å². The number of hydrogen-bond donors (Lipinski definition) is 1. The van der Waals surface area contributed by atoms with Crippen LogP contribution in [0.2, 0.25) is 0 Å². The smallest absolute Gasteiger partial charge is 0.414 e. The van der Waals surface area contributed by atoms with E-state index in [1.54, 1.807) is 12.1 Å². The molecule has 0 aliphatic carbocycles. The first kappa shape index (κ1) is 12.2. The van der Waals surface area contributed by atoms with E-state index in [0.717, 1.165) is 5.56 Å². The van der Waals surface area contributed by atoms with Crippen LogP contribution in [0.4, 0.5) is 13.2 Å². The molecule has 0 radical (unpaired) electrons. The van der Waals surface area contributed by atoms with E-state index in [2.05, 4.69) is 0 Å². The zero-order chi connectivity index (χ0) is 12.5. The van der Waals surface area contributed by atoms with Crippen LogP contribution < -0.4 is 4.74 Å². The second kappa shape index (κ2) is 4.56. The molecule has 0 amide bonds. The van der Waals surface area contributed by atoms with Crippen molar-refractivity contribution in [1.82, 2.24) is 0 Å². The number of ether oxygens (including phenoxy) is 1. The first-order valence-electron chi connectivity index (χ1n) is 5.46. The van der Waals surface area contributed by atoms with Crippen LogP contribution in [0.15, 0.2) is 24.3 Å². The van der Waals surface area contributed by atoms with Gasteiger partial charge in [0, 0.05) is 6.42 Å². The fraction of sp³-hybridized carbons (Fsp3) is 0.500. The van der Waals surface area contributed by atoms with Crippen molar-refractivity contribution in [2.75, 3.05) is 0 Å². The Morgan fingerprint density at radius 3 is 2.76 bits per heavy atom. The van der Waals surface area contributed by atoms with Crippen molar-refractivity contribution in [3.8, 4) is 5.75 Å². The molecule has 5 heteroatoms. The molecule has 1 aromatic carbocycles. The average molecular weight is 246 g/mol. The highest BCUT2D eigenvalue weighted by atomic mass is 19.4. The maximum absolute atomic E-state index is 12.2. The molecule has 0 aromatic heterocycles. The number of aliphatic hydroxyl groups is 1.